The van der Waals surface area contributed by atoms with Crippen molar-refractivity contribution in [1.82, 2.24) is 19.7 Å². The third kappa shape index (κ3) is 9.11. The highest BCUT2D eigenvalue weighted by atomic mass is 19.4. The number of carbonyl (C=O) groups is 2. The molecule has 0 saturated heterocycles. The smallest absolute Gasteiger partial charge is 0.475 e. The fourth-order valence-corrected chi connectivity index (χ4v) is 3.53. The van der Waals surface area contributed by atoms with E-state index < -0.39 is 23.9 Å². The molecule has 0 spiro atoms. The normalized spacial score (nSPS) is 11.2. The predicted octanol–water partition coefficient (Wildman–Crippen LogP) is 6.56. The zero-order valence-electron chi connectivity index (χ0n) is 23.6. The zero-order chi connectivity index (χ0) is 31.9. The molecule has 226 valence electrons. The molecule has 10 nitrogen and oxygen atoms in total. The second-order valence-electron chi connectivity index (χ2n) is 10.1. The van der Waals surface area contributed by atoms with Crippen LogP contribution >= 0.6 is 0 Å². The lowest BCUT2D eigenvalue weighted by Gasteiger charge is -2.19. The molecule has 0 bridgehead atoms. The largest absolute Gasteiger partial charge is 0.490 e. The summed E-state index contributed by atoms with van der Waals surface area (Å²) in [6.45, 7) is 9.90. The van der Waals surface area contributed by atoms with Crippen LogP contribution in [0.5, 0.6) is 0 Å². The Hall–Kier alpha value is -5.27. The lowest BCUT2D eigenvalue weighted by Crippen LogP contribution is -2.21. The molecule has 1 amide bonds. The number of nitrogens with zero attached hydrogens (tertiary/aromatic N) is 4. The number of hydrogen-bond donors (Lipinski definition) is 4. The Labute approximate surface area is 244 Å². The average molecular weight is 600 g/mol. The van der Waals surface area contributed by atoms with E-state index in [1.165, 1.54) is 23.8 Å². The van der Waals surface area contributed by atoms with Crippen molar-refractivity contribution in [3.63, 3.8) is 0 Å². The van der Waals surface area contributed by atoms with Gasteiger partial charge in [-0.2, -0.15) is 23.3 Å². The van der Waals surface area contributed by atoms with Crippen molar-refractivity contribution in [2.45, 2.75) is 32.4 Å². The summed E-state index contributed by atoms with van der Waals surface area (Å²) in [5, 5.41) is 20.1. The molecule has 4 N–H and O–H groups in total. The average Bonchev–Trinajstić information content (AvgIpc) is 3.34. The van der Waals surface area contributed by atoms with Crippen molar-refractivity contribution in [2.75, 3.05) is 16.0 Å². The number of aromatic nitrogens is 4. The highest BCUT2D eigenvalue weighted by Gasteiger charge is 2.38. The van der Waals surface area contributed by atoms with Crippen LogP contribution in [0.25, 0.3) is 11.1 Å². The maximum atomic E-state index is 14.8. The minimum Gasteiger partial charge on any atom is -0.475 e. The van der Waals surface area contributed by atoms with E-state index in [1.54, 1.807) is 23.3 Å². The lowest BCUT2D eigenvalue weighted by molar-refractivity contribution is -0.192. The first-order valence-electron chi connectivity index (χ1n) is 12.6. The van der Waals surface area contributed by atoms with E-state index in [0.717, 1.165) is 11.6 Å². The number of anilines is 5. The van der Waals surface area contributed by atoms with Crippen LogP contribution < -0.4 is 16.0 Å². The minimum atomic E-state index is -5.08. The van der Waals surface area contributed by atoms with E-state index in [1.807, 2.05) is 19.2 Å². The second kappa shape index (κ2) is 13.1. The molecule has 0 saturated carbocycles. The molecular weight excluding hydrogens is 570 g/mol. The fourth-order valence-electron chi connectivity index (χ4n) is 3.53. The number of alkyl halides is 3. The first-order chi connectivity index (χ1) is 20.1. The number of carboxylic acids is 1. The first-order valence-corrected chi connectivity index (χ1v) is 12.6. The summed E-state index contributed by atoms with van der Waals surface area (Å²) in [5.41, 5.74) is 4.03. The van der Waals surface area contributed by atoms with Crippen molar-refractivity contribution in [1.29, 1.82) is 0 Å². The van der Waals surface area contributed by atoms with Crippen molar-refractivity contribution < 1.29 is 32.3 Å². The van der Waals surface area contributed by atoms with Gasteiger partial charge in [-0.25, -0.2) is 14.2 Å². The molecule has 0 fully saturated rings. The van der Waals surface area contributed by atoms with Gasteiger partial charge in [-0.3, -0.25) is 9.48 Å². The van der Waals surface area contributed by atoms with E-state index in [0.29, 0.717) is 28.7 Å². The number of rotatable bonds is 7. The highest BCUT2D eigenvalue weighted by molar-refractivity contribution is 5.99. The molecule has 0 aliphatic carbocycles. The number of halogens is 4. The molecule has 14 heteroatoms. The molecule has 0 aliphatic heterocycles. The number of hydrogen-bond acceptors (Lipinski definition) is 7. The van der Waals surface area contributed by atoms with Crippen LogP contribution in [-0.4, -0.2) is 42.9 Å². The second-order valence-corrected chi connectivity index (χ2v) is 10.1. The van der Waals surface area contributed by atoms with Crippen LogP contribution in [0.2, 0.25) is 0 Å². The number of amides is 1. The number of benzene rings is 2. The summed E-state index contributed by atoms with van der Waals surface area (Å²) >= 11 is 0. The van der Waals surface area contributed by atoms with Gasteiger partial charge in [0.15, 0.2) is 0 Å². The van der Waals surface area contributed by atoms with Gasteiger partial charge in [0.05, 0.1) is 17.6 Å². The summed E-state index contributed by atoms with van der Waals surface area (Å²) in [6, 6.07) is 12.4. The summed E-state index contributed by atoms with van der Waals surface area (Å²) in [4.78, 5) is 29.7. The molecule has 0 radical (unpaired) electrons. The van der Waals surface area contributed by atoms with Gasteiger partial charge in [-0.05, 0) is 40.8 Å². The molecule has 0 unspecified atom stereocenters. The summed E-state index contributed by atoms with van der Waals surface area (Å²) in [6.07, 6.45) is 1.19. The van der Waals surface area contributed by atoms with Crippen LogP contribution in [0.4, 0.5) is 46.4 Å². The summed E-state index contributed by atoms with van der Waals surface area (Å²) in [7, 11) is 1.81. The zero-order valence-corrected chi connectivity index (χ0v) is 23.6. The van der Waals surface area contributed by atoms with E-state index in [4.69, 9.17) is 9.90 Å². The fraction of sp³-hybridized carbons (Fsp3) is 0.207. The Morgan fingerprint density at radius 1 is 1.00 bits per heavy atom. The molecule has 2 aromatic heterocycles. The van der Waals surface area contributed by atoms with Gasteiger partial charge >= 0.3 is 12.1 Å². The van der Waals surface area contributed by atoms with Crippen LogP contribution in [0.15, 0.2) is 73.7 Å². The third-order valence-corrected chi connectivity index (χ3v) is 5.73. The maximum Gasteiger partial charge on any atom is 0.490 e. The van der Waals surface area contributed by atoms with Gasteiger partial charge in [-0.15, -0.1) is 0 Å². The first kappa shape index (κ1) is 32.2. The summed E-state index contributed by atoms with van der Waals surface area (Å²) < 4.78 is 48.2. The monoisotopic (exact) mass is 599 g/mol. The van der Waals surface area contributed by atoms with Gasteiger partial charge in [0.1, 0.15) is 11.6 Å². The molecule has 43 heavy (non-hydrogen) atoms. The quantitative estimate of drug-likeness (QED) is 0.139. The van der Waals surface area contributed by atoms with E-state index >= 15 is 0 Å². The maximum absolute atomic E-state index is 14.8. The SMILES string of the molecule is C=CC(=O)Nc1ccc(F)c(Nc2nc(Nc3cnn(C)c3)ncc2-c2ccc(C(C)(C)C)cc2)c1.O=C(O)C(F)(F)F. The molecule has 0 aliphatic rings. The van der Waals surface area contributed by atoms with Crippen molar-refractivity contribution >= 4 is 40.7 Å². The van der Waals surface area contributed by atoms with Crippen LogP contribution in [-0.2, 0) is 22.1 Å². The molecule has 2 aromatic carbocycles. The summed E-state index contributed by atoms with van der Waals surface area (Å²) in [5.74, 6) is -2.94. The number of aliphatic carboxylic acids is 1. The van der Waals surface area contributed by atoms with Gasteiger partial charge in [0, 0.05) is 30.7 Å². The number of carboxylic acid groups (broad SMARTS) is 1. The van der Waals surface area contributed by atoms with Crippen LogP contribution in [0, 0.1) is 5.82 Å². The molecule has 0 atom stereocenters. The molecule has 2 heterocycles. The Morgan fingerprint density at radius 3 is 2.19 bits per heavy atom. The van der Waals surface area contributed by atoms with Gasteiger partial charge in [-0.1, -0.05) is 51.6 Å². The Balaban J connectivity index is 0.000000646. The third-order valence-electron chi connectivity index (χ3n) is 5.73. The van der Waals surface area contributed by atoms with Gasteiger partial charge in [0.2, 0.25) is 11.9 Å². The Bertz CT molecular complexity index is 1610. The Kier molecular flexibility index (Phi) is 9.86. The van der Waals surface area contributed by atoms with E-state index in [2.05, 4.69) is 70.5 Å². The van der Waals surface area contributed by atoms with Gasteiger partial charge < -0.3 is 21.1 Å². The minimum absolute atomic E-state index is 0.00699. The molecular formula is C29H29F4N7O3. The van der Waals surface area contributed by atoms with E-state index in [-0.39, 0.29) is 11.1 Å². The van der Waals surface area contributed by atoms with E-state index in [9.17, 15) is 22.4 Å². The van der Waals surface area contributed by atoms with Crippen LogP contribution in [0.1, 0.15) is 26.3 Å². The number of carbonyl (C=O) groups excluding carboxylic acids is 1. The van der Waals surface area contributed by atoms with Crippen LogP contribution in [0.3, 0.4) is 0 Å². The van der Waals surface area contributed by atoms with Crippen molar-refractivity contribution in [3.8, 4) is 11.1 Å². The van der Waals surface area contributed by atoms with Gasteiger partial charge in [0.25, 0.3) is 0 Å². The number of aryl methyl sites for hydroxylation is 1. The lowest BCUT2D eigenvalue weighted by atomic mass is 9.86. The highest BCUT2D eigenvalue weighted by Crippen LogP contribution is 2.33. The standard InChI is InChI=1S/C27H28FN7O.C2HF3O2/c1-6-24(36)31-19-11-12-22(28)23(13-19)33-25-21(17-7-9-18(10-8-17)27(2,3)4)15-29-26(34-25)32-20-14-30-35(5)16-20;3-2(4,5)1(6)7/h6-16H,1H2,2-5H3,(H,31,36)(H2,29,32,33,34);(H,6,7). The molecule has 4 aromatic rings. The molecule has 4 rings (SSSR count). The van der Waals surface area contributed by atoms with Crippen molar-refractivity contribution in [3.05, 3.63) is 85.1 Å². The topological polar surface area (TPSA) is 134 Å². The number of nitrogens with one attached hydrogen (secondary N) is 3. The Morgan fingerprint density at radius 2 is 1.65 bits per heavy atom. The predicted molar refractivity (Wildman–Crippen MR) is 155 cm³/mol. The van der Waals surface area contributed by atoms with Crippen molar-refractivity contribution in [2.24, 2.45) is 7.05 Å².